The molecule has 0 aliphatic heterocycles. The SMILES string of the molecule is Nc1n[nH]c(CC2CC2)c1-c1cccc(Cl)c1. The van der Waals surface area contributed by atoms with Crippen LogP contribution in [0.3, 0.4) is 0 Å². The zero-order chi connectivity index (χ0) is 11.8. The van der Waals surface area contributed by atoms with Gasteiger partial charge in [0.1, 0.15) is 0 Å². The number of nitrogens with two attached hydrogens (primary N) is 1. The van der Waals surface area contributed by atoms with Gasteiger partial charge in [0.2, 0.25) is 0 Å². The van der Waals surface area contributed by atoms with Crippen LogP contribution in [0.25, 0.3) is 11.1 Å². The first-order valence-corrected chi connectivity index (χ1v) is 6.20. The summed E-state index contributed by atoms with van der Waals surface area (Å²) in [4.78, 5) is 0. The van der Waals surface area contributed by atoms with E-state index in [4.69, 9.17) is 17.3 Å². The van der Waals surface area contributed by atoms with Crippen molar-refractivity contribution in [2.45, 2.75) is 19.3 Å². The number of nitrogen functional groups attached to an aromatic ring is 1. The fourth-order valence-electron chi connectivity index (χ4n) is 2.12. The molecule has 3 N–H and O–H groups in total. The molecular weight excluding hydrogens is 234 g/mol. The Morgan fingerprint density at radius 3 is 2.94 bits per heavy atom. The zero-order valence-corrected chi connectivity index (χ0v) is 10.2. The number of halogens is 1. The Bertz CT molecular complexity index is 543. The molecule has 3 nitrogen and oxygen atoms in total. The van der Waals surface area contributed by atoms with Gasteiger partial charge in [0.05, 0.1) is 0 Å². The van der Waals surface area contributed by atoms with E-state index in [1.54, 1.807) is 0 Å². The van der Waals surface area contributed by atoms with Crippen LogP contribution in [-0.2, 0) is 6.42 Å². The molecular formula is C13H14ClN3. The molecule has 0 spiro atoms. The summed E-state index contributed by atoms with van der Waals surface area (Å²) >= 11 is 6.01. The third-order valence-electron chi connectivity index (χ3n) is 3.17. The Morgan fingerprint density at radius 2 is 2.24 bits per heavy atom. The van der Waals surface area contributed by atoms with Gasteiger partial charge in [0.25, 0.3) is 0 Å². The molecule has 1 aromatic heterocycles. The van der Waals surface area contributed by atoms with Crippen molar-refractivity contribution in [1.29, 1.82) is 0 Å². The highest BCUT2D eigenvalue weighted by Crippen LogP contribution is 2.37. The molecule has 2 aromatic rings. The lowest BCUT2D eigenvalue weighted by atomic mass is 10.0. The minimum absolute atomic E-state index is 0.558. The van der Waals surface area contributed by atoms with Gasteiger partial charge >= 0.3 is 0 Å². The molecule has 1 aliphatic rings. The maximum atomic E-state index is 6.01. The van der Waals surface area contributed by atoms with Gasteiger partial charge in [-0.1, -0.05) is 23.7 Å². The van der Waals surface area contributed by atoms with Crippen LogP contribution in [0, 0.1) is 5.92 Å². The third kappa shape index (κ3) is 2.15. The first-order valence-electron chi connectivity index (χ1n) is 5.82. The number of anilines is 1. The number of rotatable bonds is 3. The highest BCUT2D eigenvalue weighted by atomic mass is 35.5. The molecule has 1 saturated carbocycles. The van der Waals surface area contributed by atoms with Crippen LogP contribution < -0.4 is 5.73 Å². The Kier molecular flexibility index (Phi) is 2.56. The van der Waals surface area contributed by atoms with Crippen molar-refractivity contribution in [3.63, 3.8) is 0 Å². The molecule has 0 radical (unpaired) electrons. The molecule has 0 atom stereocenters. The maximum absolute atomic E-state index is 6.01. The molecule has 1 aromatic carbocycles. The predicted octanol–water partition coefficient (Wildman–Crippen LogP) is 3.26. The average Bonchev–Trinajstić information content (AvgIpc) is 3.03. The van der Waals surface area contributed by atoms with Crippen LogP contribution in [0.5, 0.6) is 0 Å². The van der Waals surface area contributed by atoms with Gasteiger partial charge in [0, 0.05) is 16.3 Å². The molecule has 17 heavy (non-hydrogen) atoms. The van der Waals surface area contributed by atoms with Crippen LogP contribution >= 0.6 is 11.6 Å². The van der Waals surface area contributed by atoms with Gasteiger partial charge in [-0.3, -0.25) is 5.10 Å². The van der Waals surface area contributed by atoms with E-state index in [1.165, 1.54) is 12.8 Å². The molecule has 0 bridgehead atoms. The number of nitrogens with zero attached hydrogens (tertiary/aromatic N) is 1. The van der Waals surface area contributed by atoms with Crippen molar-refractivity contribution in [3.8, 4) is 11.1 Å². The van der Waals surface area contributed by atoms with Gasteiger partial charge in [-0.15, -0.1) is 0 Å². The van der Waals surface area contributed by atoms with Crippen LogP contribution in [0.1, 0.15) is 18.5 Å². The van der Waals surface area contributed by atoms with Crippen LogP contribution in [-0.4, -0.2) is 10.2 Å². The molecule has 0 saturated heterocycles. The fourth-order valence-corrected chi connectivity index (χ4v) is 2.31. The summed E-state index contributed by atoms with van der Waals surface area (Å²) in [6, 6.07) is 7.75. The standard InChI is InChI=1S/C13H14ClN3/c14-10-3-1-2-9(7-10)12-11(6-8-4-5-8)16-17-13(12)15/h1-3,7-8H,4-6H2,(H3,15,16,17). The van der Waals surface area contributed by atoms with Crippen molar-refractivity contribution >= 4 is 17.4 Å². The normalized spacial score (nSPS) is 15.1. The number of hydrogen-bond donors (Lipinski definition) is 2. The largest absolute Gasteiger partial charge is 0.382 e. The number of H-pyrrole nitrogens is 1. The van der Waals surface area contributed by atoms with E-state index in [2.05, 4.69) is 10.2 Å². The summed E-state index contributed by atoms with van der Waals surface area (Å²) in [7, 11) is 0. The van der Waals surface area contributed by atoms with Crippen LogP contribution in [0.15, 0.2) is 24.3 Å². The van der Waals surface area contributed by atoms with Crippen LogP contribution in [0.4, 0.5) is 5.82 Å². The second-order valence-electron chi connectivity index (χ2n) is 4.62. The summed E-state index contributed by atoms with van der Waals surface area (Å²) < 4.78 is 0. The Balaban J connectivity index is 2.02. The number of nitrogens with one attached hydrogen (secondary N) is 1. The molecule has 3 rings (SSSR count). The van der Waals surface area contributed by atoms with Gasteiger partial charge < -0.3 is 5.73 Å². The maximum Gasteiger partial charge on any atom is 0.153 e. The molecule has 1 fully saturated rings. The number of benzene rings is 1. The van der Waals surface area contributed by atoms with Gasteiger partial charge in [-0.25, -0.2) is 0 Å². The number of aromatic nitrogens is 2. The lowest BCUT2D eigenvalue weighted by molar-refractivity contribution is 0.798. The molecule has 1 aliphatic carbocycles. The second kappa shape index (κ2) is 4.08. The Morgan fingerprint density at radius 1 is 1.41 bits per heavy atom. The van der Waals surface area contributed by atoms with E-state index in [9.17, 15) is 0 Å². The molecule has 0 amide bonds. The van der Waals surface area contributed by atoms with Crippen LogP contribution in [0.2, 0.25) is 5.02 Å². The minimum Gasteiger partial charge on any atom is -0.382 e. The van der Waals surface area contributed by atoms with E-state index < -0.39 is 0 Å². The quantitative estimate of drug-likeness (QED) is 0.875. The lowest BCUT2D eigenvalue weighted by Crippen LogP contribution is -1.92. The minimum atomic E-state index is 0.558. The summed E-state index contributed by atoms with van der Waals surface area (Å²) in [5.74, 6) is 1.36. The predicted molar refractivity (Wildman–Crippen MR) is 69.9 cm³/mol. The summed E-state index contributed by atoms with van der Waals surface area (Å²) in [6.45, 7) is 0. The highest BCUT2D eigenvalue weighted by Gasteiger charge is 2.25. The molecule has 88 valence electrons. The smallest absolute Gasteiger partial charge is 0.153 e. The van der Waals surface area contributed by atoms with Gasteiger partial charge in [-0.05, 0) is 42.9 Å². The van der Waals surface area contributed by atoms with E-state index in [1.807, 2.05) is 24.3 Å². The molecule has 0 unspecified atom stereocenters. The molecule has 1 heterocycles. The first kappa shape index (κ1) is 10.7. The summed E-state index contributed by atoms with van der Waals surface area (Å²) in [5.41, 5.74) is 9.12. The fraction of sp³-hybridized carbons (Fsp3) is 0.308. The van der Waals surface area contributed by atoms with Gasteiger partial charge in [-0.2, -0.15) is 5.10 Å². The van der Waals surface area contributed by atoms with Crippen molar-refractivity contribution in [2.24, 2.45) is 5.92 Å². The van der Waals surface area contributed by atoms with Gasteiger partial charge in [0.15, 0.2) is 5.82 Å². The summed E-state index contributed by atoms with van der Waals surface area (Å²) in [6.07, 6.45) is 3.66. The van der Waals surface area contributed by atoms with E-state index in [0.717, 1.165) is 34.2 Å². The van der Waals surface area contributed by atoms with Crippen molar-refractivity contribution in [2.75, 3.05) is 5.73 Å². The lowest BCUT2D eigenvalue weighted by Gasteiger charge is -2.04. The zero-order valence-electron chi connectivity index (χ0n) is 9.41. The first-order chi connectivity index (χ1) is 8.24. The van der Waals surface area contributed by atoms with Crippen molar-refractivity contribution < 1.29 is 0 Å². The average molecular weight is 248 g/mol. The topological polar surface area (TPSA) is 54.7 Å². The van der Waals surface area contributed by atoms with E-state index in [-0.39, 0.29) is 0 Å². The van der Waals surface area contributed by atoms with Crippen molar-refractivity contribution in [1.82, 2.24) is 10.2 Å². The number of aromatic amines is 1. The van der Waals surface area contributed by atoms with Crippen molar-refractivity contribution in [3.05, 3.63) is 35.0 Å². The summed E-state index contributed by atoms with van der Waals surface area (Å²) in [5, 5.41) is 7.88. The molecule has 4 heteroatoms. The monoisotopic (exact) mass is 247 g/mol. The Labute approximate surface area is 105 Å². The third-order valence-corrected chi connectivity index (χ3v) is 3.41. The van der Waals surface area contributed by atoms with E-state index in [0.29, 0.717) is 5.82 Å². The Hall–Kier alpha value is -1.48. The second-order valence-corrected chi connectivity index (χ2v) is 5.06. The number of hydrogen-bond acceptors (Lipinski definition) is 2. The van der Waals surface area contributed by atoms with E-state index >= 15 is 0 Å². The highest BCUT2D eigenvalue weighted by molar-refractivity contribution is 6.30.